The minimum absolute atomic E-state index is 0.868. The maximum Gasteiger partial charge on any atom is 0.208 e. The van der Waals surface area contributed by atoms with Crippen molar-refractivity contribution in [3.8, 4) is 0 Å². The average Bonchev–Trinajstić information content (AvgIpc) is 2.91. The second-order valence-electron chi connectivity index (χ2n) is 5.17. The van der Waals surface area contributed by atoms with Gasteiger partial charge in [0.2, 0.25) is 5.95 Å². The molecule has 0 bridgehead atoms. The fourth-order valence-corrected chi connectivity index (χ4v) is 4.62. The Labute approximate surface area is 152 Å². The van der Waals surface area contributed by atoms with Gasteiger partial charge >= 0.3 is 0 Å². The lowest BCUT2D eigenvalue weighted by Crippen LogP contribution is -2.11. The highest BCUT2D eigenvalue weighted by Crippen LogP contribution is 2.43. The molecule has 4 nitrogen and oxygen atoms in total. The highest BCUT2D eigenvalue weighted by molar-refractivity contribution is 9.14. The Bertz CT molecular complexity index is 874. The zero-order chi connectivity index (χ0) is 15.3. The first-order valence-corrected chi connectivity index (χ1v) is 9.27. The number of anilines is 2. The van der Waals surface area contributed by atoms with Crippen LogP contribution in [0.5, 0.6) is 0 Å². The van der Waals surface area contributed by atoms with Crippen LogP contribution in [0.2, 0.25) is 0 Å². The number of imidazole rings is 1. The topological polar surface area (TPSA) is 42.7 Å². The third-order valence-corrected chi connectivity index (χ3v) is 7.36. The SMILES string of the molecule is Brc1c(Br)c2c3c(nc(Nc4ccncc4)n3CCC2)c1Br. The van der Waals surface area contributed by atoms with Gasteiger partial charge in [-0.25, -0.2) is 4.98 Å². The van der Waals surface area contributed by atoms with Gasteiger partial charge < -0.3 is 9.88 Å². The summed E-state index contributed by atoms with van der Waals surface area (Å²) in [4.78, 5) is 8.86. The molecule has 0 amide bonds. The highest BCUT2D eigenvalue weighted by atomic mass is 79.9. The monoisotopic (exact) mass is 484 g/mol. The van der Waals surface area contributed by atoms with Crippen molar-refractivity contribution in [2.45, 2.75) is 19.4 Å². The van der Waals surface area contributed by atoms with Crippen molar-refractivity contribution in [1.29, 1.82) is 0 Å². The minimum atomic E-state index is 0.868. The number of hydrogen-bond donors (Lipinski definition) is 1. The molecule has 1 N–H and O–H groups in total. The summed E-state index contributed by atoms with van der Waals surface area (Å²) < 4.78 is 5.38. The first kappa shape index (κ1) is 14.7. The molecule has 3 aromatic rings. The summed E-state index contributed by atoms with van der Waals surface area (Å²) in [6.45, 7) is 0.970. The maximum atomic E-state index is 4.81. The number of hydrogen-bond acceptors (Lipinski definition) is 3. The van der Waals surface area contributed by atoms with Crippen molar-refractivity contribution >= 4 is 70.5 Å². The van der Waals surface area contributed by atoms with Gasteiger partial charge in [0.05, 0.1) is 9.99 Å². The first-order chi connectivity index (χ1) is 10.7. The van der Waals surface area contributed by atoms with Crippen molar-refractivity contribution in [3.05, 3.63) is 43.5 Å². The normalized spacial score (nSPS) is 13.6. The summed E-state index contributed by atoms with van der Waals surface area (Å²) in [6, 6.07) is 3.88. The van der Waals surface area contributed by atoms with Gasteiger partial charge in [-0.05, 0) is 78.3 Å². The van der Waals surface area contributed by atoms with E-state index >= 15 is 0 Å². The van der Waals surface area contributed by atoms with E-state index in [0.29, 0.717) is 0 Å². The summed E-state index contributed by atoms with van der Waals surface area (Å²) in [5.74, 6) is 0.868. The summed E-state index contributed by atoms with van der Waals surface area (Å²) in [5.41, 5.74) is 4.49. The third-order valence-electron chi connectivity index (χ3n) is 3.86. The number of nitrogens with zero attached hydrogens (tertiary/aromatic N) is 3. The molecule has 2 aromatic heterocycles. The Balaban J connectivity index is 1.95. The molecule has 0 saturated carbocycles. The maximum absolute atomic E-state index is 4.81. The van der Waals surface area contributed by atoms with Gasteiger partial charge in [-0.3, -0.25) is 4.98 Å². The molecule has 112 valence electrons. The molecule has 0 fully saturated rings. The molecule has 22 heavy (non-hydrogen) atoms. The molecule has 0 saturated heterocycles. The van der Waals surface area contributed by atoms with E-state index in [2.05, 4.69) is 62.7 Å². The van der Waals surface area contributed by atoms with E-state index in [9.17, 15) is 0 Å². The molecule has 1 aliphatic heterocycles. The molecule has 1 aromatic carbocycles. The molecule has 0 unspecified atom stereocenters. The van der Waals surface area contributed by atoms with Crippen LogP contribution in [0.3, 0.4) is 0 Å². The standard InChI is InChI=1S/C15H11Br3N4/c16-10-9-2-1-7-22-14(9)13(12(18)11(10)17)21-15(22)20-8-3-5-19-6-4-8/h3-6H,1-2,7H2,(H,19,20,21). The van der Waals surface area contributed by atoms with Gasteiger partial charge in [0, 0.05) is 33.6 Å². The lowest BCUT2D eigenvalue weighted by molar-refractivity contribution is 0.637. The lowest BCUT2D eigenvalue weighted by atomic mass is 10.0. The second kappa shape index (κ2) is 5.62. The number of aromatic nitrogens is 3. The van der Waals surface area contributed by atoms with E-state index in [1.165, 1.54) is 11.1 Å². The number of halogens is 3. The van der Waals surface area contributed by atoms with Crippen LogP contribution in [-0.4, -0.2) is 14.5 Å². The van der Waals surface area contributed by atoms with Crippen molar-refractivity contribution in [2.75, 3.05) is 5.32 Å². The van der Waals surface area contributed by atoms with Crippen LogP contribution in [0.1, 0.15) is 12.0 Å². The van der Waals surface area contributed by atoms with Crippen LogP contribution in [0.4, 0.5) is 11.6 Å². The van der Waals surface area contributed by atoms with Crippen LogP contribution >= 0.6 is 47.8 Å². The van der Waals surface area contributed by atoms with E-state index in [0.717, 1.165) is 50.0 Å². The van der Waals surface area contributed by atoms with Gasteiger partial charge in [-0.15, -0.1) is 0 Å². The molecule has 7 heteroatoms. The predicted octanol–water partition coefficient (Wildman–Crippen LogP) is 5.41. The van der Waals surface area contributed by atoms with Crippen LogP contribution in [-0.2, 0) is 13.0 Å². The zero-order valence-corrected chi connectivity index (χ0v) is 16.2. The minimum Gasteiger partial charge on any atom is -0.325 e. The first-order valence-electron chi connectivity index (χ1n) is 6.89. The van der Waals surface area contributed by atoms with E-state index in [-0.39, 0.29) is 0 Å². The molecular weight excluding hydrogens is 476 g/mol. The Morgan fingerprint density at radius 2 is 1.82 bits per heavy atom. The van der Waals surface area contributed by atoms with Gasteiger partial charge in [0.1, 0.15) is 5.52 Å². The van der Waals surface area contributed by atoms with Crippen molar-refractivity contribution < 1.29 is 0 Å². The molecule has 0 atom stereocenters. The van der Waals surface area contributed by atoms with Crippen LogP contribution < -0.4 is 5.32 Å². The highest BCUT2D eigenvalue weighted by Gasteiger charge is 2.24. The number of pyridine rings is 1. The van der Waals surface area contributed by atoms with E-state index < -0.39 is 0 Å². The van der Waals surface area contributed by atoms with Crippen molar-refractivity contribution in [3.63, 3.8) is 0 Å². The van der Waals surface area contributed by atoms with Crippen LogP contribution in [0.25, 0.3) is 11.0 Å². The summed E-state index contributed by atoms with van der Waals surface area (Å²) >= 11 is 11.0. The largest absolute Gasteiger partial charge is 0.325 e. The predicted molar refractivity (Wildman–Crippen MR) is 98.7 cm³/mol. The van der Waals surface area contributed by atoms with Crippen molar-refractivity contribution in [2.24, 2.45) is 0 Å². The quantitative estimate of drug-likeness (QED) is 0.493. The number of rotatable bonds is 2. The fraction of sp³-hybridized carbons (Fsp3) is 0.200. The molecule has 4 rings (SSSR count). The van der Waals surface area contributed by atoms with Gasteiger partial charge in [0.15, 0.2) is 0 Å². The number of aryl methyl sites for hydroxylation is 2. The summed E-state index contributed by atoms with van der Waals surface area (Å²) in [6.07, 6.45) is 5.71. The molecule has 0 aliphatic carbocycles. The lowest BCUT2D eigenvalue weighted by Gasteiger charge is -2.19. The molecule has 3 heterocycles. The number of benzene rings is 1. The van der Waals surface area contributed by atoms with Crippen LogP contribution in [0.15, 0.2) is 37.9 Å². The molecular formula is C15H11Br3N4. The van der Waals surface area contributed by atoms with E-state index in [4.69, 9.17) is 4.98 Å². The van der Waals surface area contributed by atoms with Gasteiger partial charge in [-0.1, -0.05) is 0 Å². The third kappa shape index (κ3) is 2.21. The Kier molecular flexibility index (Phi) is 3.74. The van der Waals surface area contributed by atoms with E-state index in [1.54, 1.807) is 12.4 Å². The van der Waals surface area contributed by atoms with Gasteiger partial charge in [0.25, 0.3) is 0 Å². The van der Waals surface area contributed by atoms with Crippen LogP contribution in [0, 0.1) is 0 Å². The smallest absolute Gasteiger partial charge is 0.208 e. The molecule has 0 radical (unpaired) electrons. The van der Waals surface area contributed by atoms with E-state index in [1.807, 2.05) is 12.1 Å². The average molecular weight is 487 g/mol. The Hall–Kier alpha value is -0.920. The number of nitrogens with one attached hydrogen (secondary N) is 1. The Morgan fingerprint density at radius 1 is 1.05 bits per heavy atom. The second-order valence-corrected chi connectivity index (χ2v) is 7.55. The molecule has 1 aliphatic rings. The summed E-state index contributed by atoms with van der Waals surface area (Å²) in [5, 5.41) is 3.40. The summed E-state index contributed by atoms with van der Waals surface area (Å²) in [7, 11) is 0. The fourth-order valence-electron chi connectivity index (χ4n) is 2.87. The van der Waals surface area contributed by atoms with Gasteiger partial charge in [-0.2, -0.15) is 0 Å². The van der Waals surface area contributed by atoms with Crippen molar-refractivity contribution in [1.82, 2.24) is 14.5 Å². The Morgan fingerprint density at radius 3 is 2.59 bits per heavy atom. The zero-order valence-electron chi connectivity index (χ0n) is 11.4. The molecule has 0 spiro atoms.